The number of ether oxygens (including phenoxy) is 3. The Labute approximate surface area is 628 Å². The maximum atomic E-state index is 13.1. The fraction of sp³-hybridized carbons (Fsp3) is 0.976. The summed E-state index contributed by atoms with van der Waals surface area (Å²) in [6.45, 7) is 69.2. The van der Waals surface area contributed by atoms with Gasteiger partial charge in [0.25, 0.3) is 0 Å². The van der Waals surface area contributed by atoms with Crippen LogP contribution >= 0.6 is 0 Å². The molecule has 3 heterocycles. The highest BCUT2D eigenvalue weighted by molar-refractivity contribution is 6.75. The lowest BCUT2D eigenvalue weighted by molar-refractivity contribution is -0.218. The zero-order chi connectivity index (χ0) is 75.9. The minimum atomic E-state index is -2.01. The Bertz CT molecular complexity index is 2620. The molecule has 4 N–H and O–H groups in total. The van der Waals surface area contributed by atoms with Gasteiger partial charge in [-0.2, -0.15) is 0 Å². The highest BCUT2D eigenvalue weighted by atomic mass is 28.4. The highest BCUT2D eigenvalue weighted by Crippen LogP contribution is 2.71. The van der Waals surface area contributed by atoms with E-state index in [4.69, 9.17) is 27.5 Å². The maximum Gasteiger partial charge on any atom is 0.312 e. The van der Waals surface area contributed by atoms with E-state index in [0.29, 0.717) is 51.2 Å². The molecule has 3 aliphatic heterocycles. The number of hydrogen-bond donors (Lipinski definition) is 4. The lowest BCUT2D eigenvalue weighted by Crippen LogP contribution is -2.65. The van der Waals surface area contributed by atoms with Gasteiger partial charge in [0.15, 0.2) is 25.0 Å². The van der Waals surface area contributed by atoms with Crippen LogP contribution in [0.1, 0.15) is 268 Å². The molecule has 12 rings (SSSR count). The van der Waals surface area contributed by atoms with Crippen molar-refractivity contribution in [1.82, 2.24) is 0 Å². The zero-order valence-electron chi connectivity index (χ0n) is 70.6. The van der Waals surface area contributed by atoms with Gasteiger partial charge in [0.05, 0.1) is 29.1 Å². The third-order valence-corrected chi connectivity index (χ3v) is 48.4. The van der Waals surface area contributed by atoms with Crippen molar-refractivity contribution in [2.24, 2.45) is 121 Å². The lowest BCUT2D eigenvalue weighted by atomic mass is 9.42. The number of aliphatic hydroxyl groups is 4. The second kappa shape index (κ2) is 31.5. The van der Waals surface area contributed by atoms with Crippen LogP contribution in [-0.2, 0) is 37.1 Å². The normalized spacial score (nSPS) is 44.8. The Kier molecular flexibility index (Phi) is 27.0. The van der Waals surface area contributed by atoms with Crippen molar-refractivity contribution >= 4 is 52.1 Å². The molecule has 0 spiro atoms. The third kappa shape index (κ3) is 17.8. The van der Waals surface area contributed by atoms with E-state index >= 15 is 0 Å². The van der Waals surface area contributed by atoms with Gasteiger partial charge in [0.2, 0.25) is 15.2 Å². The van der Waals surface area contributed by atoms with E-state index in [1.54, 1.807) is 0 Å². The van der Waals surface area contributed by atoms with Crippen molar-refractivity contribution in [1.29, 1.82) is 0 Å². The number of carbonyl (C=O) groups excluding carboxylic acids is 2. The van der Waals surface area contributed by atoms with Crippen LogP contribution in [-0.4, -0.2) is 141 Å². The van der Waals surface area contributed by atoms with Crippen LogP contribution in [0.5, 0.6) is 0 Å². The summed E-state index contributed by atoms with van der Waals surface area (Å²) in [5.74, 6) is 7.93. The molecular weight excluding hydrogens is 1320 g/mol. The Hall–Kier alpha value is -0.197. The van der Waals surface area contributed by atoms with E-state index in [-0.39, 0.29) is 133 Å². The first kappa shape index (κ1) is 86.4. The van der Waals surface area contributed by atoms with Crippen LogP contribution in [0.15, 0.2) is 0 Å². The molecule has 9 aliphatic carbocycles. The van der Waals surface area contributed by atoms with Crippen LogP contribution in [0, 0.1) is 121 Å². The van der Waals surface area contributed by atoms with E-state index in [9.17, 15) is 30.0 Å². The summed E-state index contributed by atoms with van der Waals surface area (Å²) in [6, 6.07) is 0. The maximum absolute atomic E-state index is 13.1. The van der Waals surface area contributed by atoms with Gasteiger partial charge in [0, 0.05) is 62.8 Å². The lowest BCUT2D eigenvalue weighted by Gasteiger charge is -2.65. The molecule has 0 aromatic rings. The smallest absolute Gasteiger partial charge is 0.312 e. The molecule has 12 aliphatic rings. The van der Waals surface area contributed by atoms with Gasteiger partial charge in [-0.15, -0.1) is 0 Å². The zero-order valence-corrected chi connectivity index (χ0v) is 75.0. The second-order valence-corrected chi connectivity index (χ2v) is 60.3. The van der Waals surface area contributed by atoms with E-state index in [0.717, 1.165) is 120 Å². The highest BCUT2D eigenvalue weighted by Gasteiger charge is 2.72. The summed E-state index contributed by atoms with van der Waals surface area (Å²) in [5.41, 5.74) is -1.18. The van der Waals surface area contributed by atoms with Gasteiger partial charge in [-0.25, -0.2) is 0 Å². The molecule has 101 heavy (non-hydrogen) atoms. The van der Waals surface area contributed by atoms with E-state index in [1.807, 2.05) is 0 Å². The first-order valence-corrected chi connectivity index (χ1v) is 52.6. The van der Waals surface area contributed by atoms with Crippen molar-refractivity contribution in [3.8, 4) is 0 Å². The SMILES string of the molecule is C1CCOC1.CC(C)[CH2][AlH][CH2]C(C)C.C[C@H]1C[C@@H](C)[C@H]2C[C@H](O[Si](C)(C)C(C)(C)C)[C@H]3[C@@](C)(C[C@@H]4C[C@@]3(C)C(=O)O4)[C@@H]2C1.C[C@H]1C[C@@H](O)[C@H]2C[C@H](O[Si](C)(C)C(C)(C)C)[C@@H]3[C@](C)(CO)C[C@H](O)C[C@@]3(C)[C@@H]2C1.C[C@H]1C[C@@H](O)[C@H]2C[C@H](O[Si](C)(C)C(C)(C)C)[C@H]3[C@@](C)(C[C@@H]4C[C@@]3(C)C(=O)O4)[C@@H]2C1. The van der Waals surface area contributed by atoms with Gasteiger partial charge in [-0.05, 0) is 251 Å². The Morgan fingerprint density at radius 3 is 1.15 bits per heavy atom. The summed E-state index contributed by atoms with van der Waals surface area (Å²) in [6.07, 6.45) is 16.7. The topological polar surface area (TPSA) is 170 Å². The van der Waals surface area contributed by atoms with Gasteiger partial charge >= 0.3 is 11.9 Å². The Morgan fingerprint density at radius 2 is 0.812 bits per heavy atom. The molecule has 12 fully saturated rings. The molecule has 4 bridgehead atoms. The van der Waals surface area contributed by atoms with Crippen molar-refractivity contribution in [3.63, 3.8) is 0 Å². The largest absolute Gasteiger partial charge is 0.462 e. The molecule has 0 aromatic heterocycles. The van der Waals surface area contributed by atoms with Crippen molar-refractivity contribution in [2.75, 3.05) is 19.8 Å². The molecule has 27 atom stereocenters. The number of aliphatic hydroxyl groups excluding tert-OH is 4. The van der Waals surface area contributed by atoms with Crippen LogP contribution in [0.4, 0.5) is 0 Å². The van der Waals surface area contributed by atoms with Crippen molar-refractivity contribution < 1.29 is 57.5 Å². The van der Waals surface area contributed by atoms with E-state index < -0.39 is 36.5 Å². The molecule has 12 nitrogen and oxygen atoms in total. The summed E-state index contributed by atoms with van der Waals surface area (Å²) < 4.78 is 38.1. The van der Waals surface area contributed by atoms with Gasteiger partial charge < -0.3 is 47.9 Å². The first-order chi connectivity index (χ1) is 46.1. The number of hydrogen-bond acceptors (Lipinski definition) is 12. The molecule has 3 saturated heterocycles. The standard InChI is InChI=1S/C25H44O3Si.C24H42O4Si.C24H46O4Si.C4H8O.2C4H9.Al.H/c1-15-10-16(2)18-12-20(28-29(8,9)23(3,4)5)21-24(6,19(18)11-15)13-17-14-25(21,7)22(26)27-17;1-14-9-17-16(18(25)10-14)11-19(28-29(7,8)22(2,3)4)20-23(17,5)12-15-13-24(20,6)21(26)27-15;1-15-9-18-17(19(27)10-15)11-20(28-29(7,8)22(2,3)4)21-23(5,14-25)12-16(26)13-24(18,21)6;1-2-4-5-3-1;2*1-4(2)3;;/h15-21H,10-14H2,1-9H3;14-20,25H,9-13H2,1-8H3;15-21,25-27H,9-14H2,1-8H3;1-4H2;2*4H,1H2,2-3H3;;/t15-,16+,17+,18+,19+,20-,21-,24-,25+;14-,15-,16+,17-,18-,19+,20+,23+,24-;15-,16+,17+,18-,19-,20+,21-,23+,24+;;;;;/m011...../s1. The number of carbonyl (C=O) groups is 2. The van der Waals surface area contributed by atoms with E-state index in [2.05, 4.69) is 199 Å². The predicted molar refractivity (Wildman–Crippen MR) is 424 cm³/mol. The molecule has 586 valence electrons. The summed E-state index contributed by atoms with van der Waals surface area (Å²) in [4.78, 5) is 26.2. The molecular formula is C85H159AlO12Si3. The first-order valence-electron chi connectivity index (χ1n) is 41.8. The molecule has 0 unspecified atom stereocenters. The number of esters is 2. The average Bonchev–Trinajstić information content (AvgIpc) is 1.69. The summed E-state index contributed by atoms with van der Waals surface area (Å²) >= 11 is 0.316. The van der Waals surface area contributed by atoms with Crippen LogP contribution in [0.2, 0.25) is 65.0 Å². The molecule has 0 aromatic carbocycles. The molecule has 16 heteroatoms. The average molecular weight is 1480 g/mol. The quantitative estimate of drug-likeness (QED) is 0.114. The minimum Gasteiger partial charge on any atom is -0.462 e. The molecule has 0 radical (unpaired) electrons. The molecule has 9 saturated carbocycles. The predicted octanol–water partition coefficient (Wildman–Crippen LogP) is 19.5. The minimum absolute atomic E-state index is 0.0112. The number of rotatable bonds is 11. The van der Waals surface area contributed by atoms with Crippen LogP contribution in [0.3, 0.4) is 0 Å². The number of fused-ring (bicyclic) bond motifs is 15. The van der Waals surface area contributed by atoms with Crippen molar-refractivity contribution in [2.45, 2.75) is 382 Å². The van der Waals surface area contributed by atoms with Crippen molar-refractivity contribution in [3.05, 3.63) is 0 Å². The molecule has 0 amide bonds. The van der Waals surface area contributed by atoms with Gasteiger partial charge in [-0.3, -0.25) is 9.59 Å². The second-order valence-electron chi connectivity index (χ2n) is 44.2. The van der Waals surface area contributed by atoms with E-state index in [1.165, 1.54) is 36.2 Å². The summed E-state index contributed by atoms with van der Waals surface area (Å²) in [5, 5.41) is 47.0. The van der Waals surface area contributed by atoms with Gasteiger partial charge in [-0.1, -0.05) is 168 Å². The van der Waals surface area contributed by atoms with Crippen LogP contribution in [0.25, 0.3) is 0 Å². The third-order valence-electron chi connectivity index (χ3n) is 31.7. The Balaban J connectivity index is 0.000000175. The fourth-order valence-electron chi connectivity index (χ4n) is 24.2. The summed E-state index contributed by atoms with van der Waals surface area (Å²) in [7, 11) is -5.95. The van der Waals surface area contributed by atoms with Crippen LogP contribution < -0.4 is 0 Å². The fourth-order valence-corrected chi connectivity index (χ4v) is 30.1. The van der Waals surface area contributed by atoms with Gasteiger partial charge in [0.1, 0.15) is 12.2 Å². The monoisotopic (exact) mass is 1480 g/mol. The Morgan fingerprint density at radius 1 is 0.475 bits per heavy atom.